The van der Waals surface area contributed by atoms with E-state index in [0.717, 1.165) is 0 Å². The number of nitrogens with zero attached hydrogens (tertiary/aromatic N) is 4. The Morgan fingerprint density at radius 3 is 2.44 bits per heavy atom. The molecule has 0 aliphatic carbocycles. The van der Waals surface area contributed by atoms with E-state index in [-0.39, 0.29) is 29.9 Å². The minimum Gasteiger partial charge on any atom is -0.442 e. The van der Waals surface area contributed by atoms with Crippen molar-refractivity contribution in [2.75, 3.05) is 0 Å². The third kappa shape index (κ3) is 5.07. The molecule has 0 radical (unpaired) electrons. The Kier molecular flexibility index (Phi) is 6.71. The number of hydrogen-bond donors (Lipinski definition) is 2. The SMILES string of the molecule is CC/C(C)=N\OC(=O)CC(C)(C)CC1(O)OC(N)=C(C#N)C1=C(C#N)C#N. The van der Waals surface area contributed by atoms with Gasteiger partial charge in [0, 0.05) is 6.42 Å². The number of allylic oxidation sites excluding steroid dienone is 1. The second kappa shape index (κ2) is 8.35. The molecule has 0 amide bonds. The highest BCUT2D eigenvalue weighted by Gasteiger charge is 2.49. The average molecular weight is 371 g/mol. The van der Waals surface area contributed by atoms with Crippen molar-refractivity contribution >= 4 is 11.7 Å². The molecule has 1 rings (SSSR count). The van der Waals surface area contributed by atoms with Gasteiger partial charge in [-0.05, 0) is 18.8 Å². The van der Waals surface area contributed by atoms with Gasteiger partial charge in [-0.15, -0.1) is 0 Å². The first kappa shape index (κ1) is 21.7. The first-order chi connectivity index (χ1) is 12.5. The van der Waals surface area contributed by atoms with E-state index in [9.17, 15) is 15.2 Å². The second-order valence-corrected chi connectivity index (χ2v) is 6.87. The summed E-state index contributed by atoms with van der Waals surface area (Å²) in [6.45, 7) is 6.89. The number of hydrogen-bond acceptors (Lipinski definition) is 9. The first-order valence-electron chi connectivity index (χ1n) is 8.13. The van der Waals surface area contributed by atoms with Crippen LogP contribution in [0.4, 0.5) is 0 Å². The van der Waals surface area contributed by atoms with E-state index in [0.29, 0.717) is 12.1 Å². The number of nitrogens with two attached hydrogens (primary N) is 1. The number of carbonyl (C=O) groups is 1. The predicted octanol–water partition coefficient (Wildman–Crippen LogP) is 1.88. The van der Waals surface area contributed by atoms with E-state index in [4.69, 9.17) is 25.8 Å². The maximum atomic E-state index is 12.0. The third-order valence-corrected chi connectivity index (χ3v) is 3.91. The van der Waals surface area contributed by atoms with Crippen molar-refractivity contribution in [1.82, 2.24) is 0 Å². The Hall–Kier alpha value is -3.35. The molecule has 0 saturated carbocycles. The number of ether oxygens (including phenoxy) is 1. The number of carbonyl (C=O) groups excluding carboxylic acids is 1. The minimum absolute atomic E-state index is 0.136. The number of nitriles is 3. The van der Waals surface area contributed by atoms with Crippen molar-refractivity contribution in [2.45, 2.75) is 52.7 Å². The Labute approximate surface area is 157 Å². The van der Waals surface area contributed by atoms with Gasteiger partial charge in [0.05, 0.1) is 17.7 Å². The van der Waals surface area contributed by atoms with Gasteiger partial charge in [-0.3, -0.25) is 0 Å². The Balaban J connectivity index is 3.13. The quantitative estimate of drug-likeness (QED) is 0.309. The van der Waals surface area contributed by atoms with E-state index in [1.165, 1.54) is 0 Å². The third-order valence-electron chi connectivity index (χ3n) is 3.91. The zero-order valence-electron chi connectivity index (χ0n) is 15.7. The summed E-state index contributed by atoms with van der Waals surface area (Å²) in [5, 5.41) is 42.2. The van der Waals surface area contributed by atoms with E-state index in [1.807, 2.05) is 6.92 Å². The molecule has 3 N–H and O–H groups in total. The molecule has 0 aromatic carbocycles. The number of aliphatic hydroxyl groups is 1. The van der Waals surface area contributed by atoms with Gasteiger partial charge in [-0.1, -0.05) is 25.9 Å². The van der Waals surface area contributed by atoms with E-state index >= 15 is 0 Å². The molecule has 1 atom stereocenters. The minimum atomic E-state index is -2.19. The second-order valence-electron chi connectivity index (χ2n) is 6.87. The molecular formula is C18H21N5O4. The average Bonchev–Trinajstić information content (AvgIpc) is 2.82. The van der Waals surface area contributed by atoms with Crippen molar-refractivity contribution in [1.29, 1.82) is 15.8 Å². The van der Waals surface area contributed by atoms with Crippen LogP contribution in [0, 0.1) is 39.4 Å². The largest absolute Gasteiger partial charge is 0.442 e. The topological polar surface area (TPSA) is 166 Å². The summed E-state index contributed by atoms with van der Waals surface area (Å²) < 4.78 is 5.23. The highest BCUT2D eigenvalue weighted by atomic mass is 16.7. The fraction of sp³-hybridized carbons (Fsp3) is 0.500. The van der Waals surface area contributed by atoms with Gasteiger partial charge >= 0.3 is 5.97 Å². The summed E-state index contributed by atoms with van der Waals surface area (Å²) in [6, 6.07) is 4.99. The monoisotopic (exact) mass is 371 g/mol. The molecule has 0 saturated heterocycles. The molecule has 0 aromatic rings. The highest BCUT2D eigenvalue weighted by molar-refractivity contribution is 5.82. The lowest BCUT2D eigenvalue weighted by Crippen LogP contribution is -2.38. The summed E-state index contributed by atoms with van der Waals surface area (Å²) in [5.74, 6) is -3.20. The summed E-state index contributed by atoms with van der Waals surface area (Å²) in [5.41, 5.74) is 4.31. The molecule has 0 bridgehead atoms. The smallest absolute Gasteiger partial charge is 0.335 e. The van der Waals surface area contributed by atoms with Crippen LogP contribution in [0.1, 0.15) is 47.0 Å². The maximum absolute atomic E-state index is 12.0. The first-order valence-corrected chi connectivity index (χ1v) is 8.13. The molecule has 1 aliphatic rings. The van der Waals surface area contributed by atoms with Crippen molar-refractivity contribution in [3.05, 3.63) is 22.6 Å². The van der Waals surface area contributed by atoms with Gasteiger partial charge in [0.2, 0.25) is 11.7 Å². The van der Waals surface area contributed by atoms with Gasteiger partial charge in [0.25, 0.3) is 0 Å². The lowest BCUT2D eigenvalue weighted by molar-refractivity contribution is -0.163. The molecule has 142 valence electrons. The van der Waals surface area contributed by atoms with Crippen LogP contribution in [0.2, 0.25) is 0 Å². The summed E-state index contributed by atoms with van der Waals surface area (Å²) in [7, 11) is 0. The van der Waals surface area contributed by atoms with Crippen LogP contribution in [0.5, 0.6) is 0 Å². The van der Waals surface area contributed by atoms with E-state index in [1.54, 1.807) is 39.0 Å². The van der Waals surface area contributed by atoms with Gasteiger partial charge in [0.1, 0.15) is 29.4 Å². The maximum Gasteiger partial charge on any atom is 0.335 e. The van der Waals surface area contributed by atoms with Crippen molar-refractivity contribution in [3.8, 4) is 18.2 Å². The van der Waals surface area contributed by atoms with Crippen LogP contribution < -0.4 is 5.73 Å². The van der Waals surface area contributed by atoms with Crippen LogP contribution in [-0.4, -0.2) is 22.6 Å². The highest BCUT2D eigenvalue weighted by Crippen LogP contribution is 2.45. The van der Waals surface area contributed by atoms with E-state index < -0.39 is 22.7 Å². The Morgan fingerprint density at radius 1 is 1.37 bits per heavy atom. The molecule has 0 spiro atoms. The van der Waals surface area contributed by atoms with Crippen LogP contribution in [0.25, 0.3) is 0 Å². The molecule has 27 heavy (non-hydrogen) atoms. The van der Waals surface area contributed by atoms with Gasteiger partial charge < -0.3 is 20.4 Å². The molecule has 9 heteroatoms. The Morgan fingerprint density at radius 2 is 1.96 bits per heavy atom. The van der Waals surface area contributed by atoms with Crippen molar-refractivity contribution < 1.29 is 19.5 Å². The molecule has 0 fully saturated rings. The van der Waals surface area contributed by atoms with Crippen molar-refractivity contribution in [2.24, 2.45) is 16.3 Å². The Bertz CT molecular complexity index is 832. The van der Waals surface area contributed by atoms with Gasteiger partial charge in [0.15, 0.2) is 0 Å². The number of oxime groups is 1. The summed E-state index contributed by atoms with van der Waals surface area (Å²) >= 11 is 0. The lowest BCUT2D eigenvalue weighted by atomic mass is 9.78. The van der Waals surface area contributed by atoms with Gasteiger partial charge in [-0.2, -0.15) is 15.8 Å². The zero-order chi connectivity index (χ0) is 20.8. The fourth-order valence-electron chi connectivity index (χ4n) is 2.62. The van der Waals surface area contributed by atoms with Crippen LogP contribution >= 0.6 is 0 Å². The summed E-state index contributed by atoms with van der Waals surface area (Å²) in [6.07, 6.45) is 0.272. The van der Waals surface area contributed by atoms with Crippen LogP contribution in [0.3, 0.4) is 0 Å². The number of rotatable bonds is 6. The van der Waals surface area contributed by atoms with Gasteiger partial charge in [-0.25, -0.2) is 4.79 Å². The van der Waals surface area contributed by atoms with E-state index in [2.05, 4.69) is 5.16 Å². The summed E-state index contributed by atoms with van der Waals surface area (Å²) in [4.78, 5) is 16.8. The normalized spacial score (nSPS) is 19.6. The molecular weight excluding hydrogens is 350 g/mol. The predicted molar refractivity (Wildman–Crippen MR) is 93.6 cm³/mol. The molecule has 0 aromatic heterocycles. The van der Waals surface area contributed by atoms with Crippen LogP contribution in [-0.2, 0) is 14.4 Å². The standard InChI is InChI=1S/C18H21N5O4/c1-5-11(2)23-27-14(24)6-17(3,4)10-18(25)15(12(7-19)8-20)13(9-21)16(22)26-18/h25H,5-6,10,22H2,1-4H3/b23-11-. The lowest BCUT2D eigenvalue weighted by Gasteiger charge is -2.33. The van der Waals surface area contributed by atoms with Crippen LogP contribution in [0.15, 0.2) is 27.8 Å². The zero-order valence-corrected chi connectivity index (χ0v) is 15.7. The molecule has 1 unspecified atom stereocenters. The van der Waals surface area contributed by atoms with Crippen molar-refractivity contribution in [3.63, 3.8) is 0 Å². The molecule has 1 aliphatic heterocycles. The molecule has 9 nitrogen and oxygen atoms in total. The fourth-order valence-corrected chi connectivity index (χ4v) is 2.62. The molecule has 1 heterocycles.